The van der Waals surface area contributed by atoms with Gasteiger partial charge in [-0.3, -0.25) is 4.68 Å². The molecule has 1 aromatic heterocycles. The first-order valence-electron chi connectivity index (χ1n) is 6.28. The molecule has 1 rings (SSSR count). The third kappa shape index (κ3) is 3.97. The zero-order valence-corrected chi connectivity index (χ0v) is 11.2. The van der Waals surface area contributed by atoms with Crippen LogP contribution in [0.2, 0.25) is 0 Å². The average molecular weight is 223 g/mol. The lowest BCUT2D eigenvalue weighted by Crippen LogP contribution is -2.27. The highest BCUT2D eigenvalue weighted by Crippen LogP contribution is 2.07. The first-order chi connectivity index (χ1) is 7.52. The zero-order valence-electron chi connectivity index (χ0n) is 11.2. The van der Waals surface area contributed by atoms with Gasteiger partial charge in [0, 0.05) is 19.6 Å². The molecule has 1 N–H and O–H groups in total. The van der Waals surface area contributed by atoms with Crippen molar-refractivity contribution in [1.29, 1.82) is 0 Å². The first kappa shape index (κ1) is 13.2. The van der Waals surface area contributed by atoms with Gasteiger partial charge in [0.05, 0.1) is 11.4 Å². The summed E-state index contributed by atoms with van der Waals surface area (Å²) < 4.78 is 1.98. The van der Waals surface area contributed by atoms with E-state index in [1.165, 1.54) is 17.8 Å². The standard InChI is InChI=1S/C13H25N3/c1-6-12-8-13(16(5)15-12)9-14-11(4)7-10(2)3/h8,10-11,14H,6-7,9H2,1-5H3. The second-order valence-electron chi connectivity index (χ2n) is 5.02. The summed E-state index contributed by atoms with van der Waals surface area (Å²) >= 11 is 0. The zero-order chi connectivity index (χ0) is 12.1. The van der Waals surface area contributed by atoms with Crippen LogP contribution in [-0.2, 0) is 20.0 Å². The van der Waals surface area contributed by atoms with Gasteiger partial charge in [-0.15, -0.1) is 0 Å². The Bertz CT molecular complexity index is 315. The number of nitrogens with one attached hydrogen (secondary N) is 1. The largest absolute Gasteiger partial charge is 0.309 e. The molecule has 1 unspecified atom stereocenters. The number of aromatic nitrogens is 2. The van der Waals surface area contributed by atoms with Crippen LogP contribution in [0, 0.1) is 5.92 Å². The van der Waals surface area contributed by atoms with Gasteiger partial charge < -0.3 is 5.32 Å². The maximum atomic E-state index is 4.44. The summed E-state index contributed by atoms with van der Waals surface area (Å²) in [6.07, 6.45) is 2.23. The molecule has 92 valence electrons. The van der Waals surface area contributed by atoms with E-state index in [1.807, 2.05) is 11.7 Å². The molecule has 1 heterocycles. The lowest BCUT2D eigenvalue weighted by atomic mass is 10.1. The van der Waals surface area contributed by atoms with Crippen molar-refractivity contribution in [1.82, 2.24) is 15.1 Å². The fraction of sp³-hybridized carbons (Fsp3) is 0.769. The Labute approximate surface area is 99.2 Å². The van der Waals surface area contributed by atoms with E-state index < -0.39 is 0 Å². The minimum atomic E-state index is 0.569. The second-order valence-corrected chi connectivity index (χ2v) is 5.02. The van der Waals surface area contributed by atoms with E-state index in [2.05, 4.69) is 44.2 Å². The van der Waals surface area contributed by atoms with Gasteiger partial charge in [0.25, 0.3) is 0 Å². The summed E-state index contributed by atoms with van der Waals surface area (Å²) in [5, 5.41) is 7.99. The molecule has 0 saturated heterocycles. The molecule has 16 heavy (non-hydrogen) atoms. The molecule has 3 nitrogen and oxygen atoms in total. The van der Waals surface area contributed by atoms with E-state index in [4.69, 9.17) is 0 Å². The van der Waals surface area contributed by atoms with Crippen molar-refractivity contribution in [2.24, 2.45) is 13.0 Å². The highest BCUT2D eigenvalue weighted by atomic mass is 15.3. The molecule has 0 spiro atoms. The highest BCUT2D eigenvalue weighted by molar-refractivity contribution is 5.09. The van der Waals surface area contributed by atoms with E-state index >= 15 is 0 Å². The quantitative estimate of drug-likeness (QED) is 0.803. The van der Waals surface area contributed by atoms with Crippen LogP contribution in [0.1, 0.15) is 45.5 Å². The lowest BCUT2D eigenvalue weighted by molar-refractivity contribution is 0.435. The van der Waals surface area contributed by atoms with Gasteiger partial charge in [0.2, 0.25) is 0 Å². The van der Waals surface area contributed by atoms with Crippen molar-refractivity contribution in [2.75, 3.05) is 0 Å². The van der Waals surface area contributed by atoms with Crippen LogP contribution in [-0.4, -0.2) is 15.8 Å². The summed E-state index contributed by atoms with van der Waals surface area (Å²) in [4.78, 5) is 0. The minimum absolute atomic E-state index is 0.569. The van der Waals surface area contributed by atoms with Gasteiger partial charge in [-0.05, 0) is 31.7 Å². The fourth-order valence-electron chi connectivity index (χ4n) is 1.98. The molecule has 0 aromatic carbocycles. The van der Waals surface area contributed by atoms with Crippen molar-refractivity contribution < 1.29 is 0 Å². The van der Waals surface area contributed by atoms with E-state index in [1.54, 1.807) is 0 Å². The Morgan fingerprint density at radius 3 is 2.56 bits per heavy atom. The number of aryl methyl sites for hydroxylation is 2. The molecular formula is C13H25N3. The van der Waals surface area contributed by atoms with E-state index in [-0.39, 0.29) is 0 Å². The van der Waals surface area contributed by atoms with Gasteiger partial charge >= 0.3 is 0 Å². The van der Waals surface area contributed by atoms with Crippen molar-refractivity contribution in [3.05, 3.63) is 17.5 Å². The Kier molecular flexibility index (Phi) is 5.00. The van der Waals surface area contributed by atoms with Gasteiger partial charge in [0.15, 0.2) is 0 Å². The maximum Gasteiger partial charge on any atom is 0.0625 e. The van der Waals surface area contributed by atoms with Crippen molar-refractivity contribution >= 4 is 0 Å². The van der Waals surface area contributed by atoms with Crippen LogP contribution in [0.15, 0.2) is 6.07 Å². The van der Waals surface area contributed by atoms with Crippen LogP contribution in [0.3, 0.4) is 0 Å². The van der Waals surface area contributed by atoms with E-state index in [9.17, 15) is 0 Å². The Morgan fingerprint density at radius 1 is 1.38 bits per heavy atom. The van der Waals surface area contributed by atoms with Crippen molar-refractivity contribution in [3.63, 3.8) is 0 Å². The molecule has 0 aliphatic heterocycles. The molecule has 0 aliphatic carbocycles. The topological polar surface area (TPSA) is 29.9 Å². The molecular weight excluding hydrogens is 198 g/mol. The van der Waals surface area contributed by atoms with Gasteiger partial charge in [-0.2, -0.15) is 5.10 Å². The normalized spacial score (nSPS) is 13.4. The van der Waals surface area contributed by atoms with Crippen LogP contribution in [0.25, 0.3) is 0 Å². The third-order valence-electron chi connectivity index (χ3n) is 2.85. The van der Waals surface area contributed by atoms with E-state index in [0.717, 1.165) is 18.9 Å². The molecule has 0 radical (unpaired) electrons. The molecule has 0 saturated carbocycles. The molecule has 1 aromatic rings. The highest BCUT2D eigenvalue weighted by Gasteiger charge is 2.07. The fourth-order valence-corrected chi connectivity index (χ4v) is 1.98. The van der Waals surface area contributed by atoms with Gasteiger partial charge in [0.1, 0.15) is 0 Å². The Morgan fingerprint density at radius 2 is 2.06 bits per heavy atom. The van der Waals surface area contributed by atoms with Crippen LogP contribution >= 0.6 is 0 Å². The lowest BCUT2D eigenvalue weighted by Gasteiger charge is -2.15. The predicted octanol–water partition coefficient (Wildman–Crippen LogP) is 2.51. The molecule has 0 amide bonds. The van der Waals surface area contributed by atoms with Crippen molar-refractivity contribution in [2.45, 2.75) is 53.1 Å². The van der Waals surface area contributed by atoms with Crippen LogP contribution in [0.4, 0.5) is 0 Å². The van der Waals surface area contributed by atoms with E-state index in [0.29, 0.717) is 6.04 Å². The molecule has 0 aliphatic rings. The number of hydrogen-bond donors (Lipinski definition) is 1. The molecule has 0 fully saturated rings. The minimum Gasteiger partial charge on any atom is -0.309 e. The monoisotopic (exact) mass is 223 g/mol. The van der Waals surface area contributed by atoms with Crippen LogP contribution in [0.5, 0.6) is 0 Å². The summed E-state index contributed by atoms with van der Waals surface area (Å²) in [5.41, 5.74) is 2.45. The maximum absolute atomic E-state index is 4.44. The number of rotatable bonds is 6. The summed E-state index contributed by atoms with van der Waals surface area (Å²) in [5.74, 6) is 0.750. The second kappa shape index (κ2) is 6.04. The summed E-state index contributed by atoms with van der Waals surface area (Å²) in [6.45, 7) is 9.82. The SMILES string of the molecule is CCc1cc(CNC(C)CC(C)C)n(C)n1. The number of hydrogen-bond acceptors (Lipinski definition) is 2. The van der Waals surface area contributed by atoms with Gasteiger partial charge in [-0.25, -0.2) is 0 Å². The molecule has 3 heteroatoms. The summed E-state index contributed by atoms with van der Waals surface area (Å²) in [6, 6.07) is 2.76. The predicted molar refractivity (Wildman–Crippen MR) is 68.3 cm³/mol. The first-order valence-corrected chi connectivity index (χ1v) is 6.28. The smallest absolute Gasteiger partial charge is 0.0625 e. The van der Waals surface area contributed by atoms with Gasteiger partial charge in [-0.1, -0.05) is 20.8 Å². The van der Waals surface area contributed by atoms with Crippen molar-refractivity contribution in [3.8, 4) is 0 Å². The third-order valence-corrected chi connectivity index (χ3v) is 2.85. The average Bonchev–Trinajstić information content (AvgIpc) is 2.55. The van der Waals surface area contributed by atoms with Crippen LogP contribution < -0.4 is 5.32 Å². The Hall–Kier alpha value is -0.830. The number of nitrogens with zero attached hydrogens (tertiary/aromatic N) is 2. The molecule has 0 bridgehead atoms. The Balaban J connectivity index is 2.44. The molecule has 1 atom stereocenters. The summed E-state index contributed by atoms with van der Waals surface area (Å²) in [7, 11) is 2.02.